The highest BCUT2D eigenvalue weighted by atomic mass is 16.7. The van der Waals surface area contributed by atoms with Crippen LogP contribution in [0, 0.1) is 0 Å². The molecule has 108 valence electrons. The Bertz CT molecular complexity index is 96.6. The molecule has 0 atom stereocenters. The van der Waals surface area contributed by atoms with E-state index >= 15 is 0 Å². The molecule has 0 aromatic carbocycles. The van der Waals surface area contributed by atoms with E-state index in [2.05, 4.69) is 5.48 Å². The Balaban J connectivity index is 2.00. The first-order chi connectivity index (χ1) is 9.00. The van der Waals surface area contributed by atoms with Crippen molar-refractivity contribution < 1.29 is 28.5 Å². The fourth-order valence-corrected chi connectivity index (χ4v) is 1.21. The molecule has 7 nitrogen and oxygen atoms in total. The van der Waals surface area contributed by atoms with Crippen LogP contribution < -0.4 is 5.48 Å². The summed E-state index contributed by atoms with van der Waals surface area (Å²) in [6.07, 6.45) is 0. The zero-order valence-corrected chi connectivity index (χ0v) is 10.7. The molecule has 0 aromatic heterocycles. The average molecular weight is 265 g/mol. The molecule has 1 aliphatic heterocycles. The number of rotatable bonds is 0. The second-order valence-electron chi connectivity index (χ2n) is 3.49. The van der Waals surface area contributed by atoms with Crippen LogP contribution in [0.4, 0.5) is 0 Å². The summed E-state index contributed by atoms with van der Waals surface area (Å²) in [5.41, 5.74) is 2.68. The van der Waals surface area contributed by atoms with Crippen LogP contribution in [0.1, 0.15) is 0 Å². The van der Waals surface area contributed by atoms with Crippen LogP contribution in [0.15, 0.2) is 0 Å². The highest BCUT2D eigenvalue weighted by Gasteiger charge is 1.95. The van der Waals surface area contributed by atoms with E-state index in [0.29, 0.717) is 72.8 Å². The molecule has 0 bridgehead atoms. The van der Waals surface area contributed by atoms with Gasteiger partial charge in [-0.25, -0.2) is 0 Å². The summed E-state index contributed by atoms with van der Waals surface area (Å²) in [5, 5.41) is 0. The Morgan fingerprint density at radius 1 is 0.444 bits per heavy atom. The van der Waals surface area contributed by atoms with Gasteiger partial charge in [-0.05, 0) is 0 Å². The molecule has 1 fully saturated rings. The van der Waals surface area contributed by atoms with Gasteiger partial charge in [-0.2, -0.15) is 5.48 Å². The van der Waals surface area contributed by atoms with Crippen LogP contribution in [-0.4, -0.2) is 72.8 Å². The van der Waals surface area contributed by atoms with Gasteiger partial charge in [-0.15, -0.1) is 0 Å². The highest BCUT2D eigenvalue weighted by Crippen LogP contribution is 1.84. The van der Waals surface area contributed by atoms with Crippen molar-refractivity contribution in [1.82, 2.24) is 5.48 Å². The second-order valence-corrected chi connectivity index (χ2v) is 3.49. The second kappa shape index (κ2) is 13.2. The van der Waals surface area contributed by atoms with Crippen LogP contribution >= 0.6 is 0 Å². The maximum atomic E-state index is 5.32. The third kappa shape index (κ3) is 10.8. The first kappa shape index (κ1) is 15.8. The van der Waals surface area contributed by atoms with Gasteiger partial charge in [0, 0.05) is 0 Å². The minimum Gasteiger partial charge on any atom is -0.377 e. The summed E-state index contributed by atoms with van der Waals surface area (Å²) in [4.78, 5) is 5.08. The fraction of sp³-hybridized carbons (Fsp3) is 1.00. The van der Waals surface area contributed by atoms with E-state index in [1.54, 1.807) is 0 Å². The van der Waals surface area contributed by atoms with Gasteiger partial charge in [0.25, 0.3) is 0 Å². The molecule has 18 heavy (non-hydrogen) atoms. The SMILES string of the molecule is C1COCCOCCONCOCCOCCO1. The number of nitrogens with one attached hydrogen (secondary N) is 1. The Morgan fingerprint density at radius 3 is 1.33 bits per heavy atom. The van der Waals surface area contributed by atoms with Crippen molar-refractivity contribution in [2.24, 2.45) is 0 Å². The highest BCUT2D eigenvalue weighted by molar-refractivity contribution is 4.36. The molecule has 7 heteroatoms. The molecule has 0 amide bonds. The third-order valence-electron chi connectivity index (χ3n) is 2.08. The standard InChI is InChI=1S/C11H23NO6/c1-2-14-5-6-16-9-10-18-12-11-17-8-7-15-4-3-13-1/h12H,1-11H2. The lowest BCUT2D eigenvalue weighted by Crippen LogP contribution is -2.23. The van der Waals surface area contributed by atoms with Crippen LogP contribution in [0.5, 0.6) is 0 Å². The summed E-state index contributed by atoms with van der Waals surface area (Å²) in [5.74, 6) is 0. The van der Waals surface area contributed by atoms with Gasteiger partial charge in [0.15, 0.2) is 0 Å². The lowest BCUT2D eigenvalue weighted by atomic mass is 10.7. The summed E-state index contributed by atoms with van der Waals surface area (Å²) in [6, 6.07) is 0. The van der Waals surface area contributed by atoms with E-state index < -0.39 is 0 Å². The zero-order chi connectivity index (χ0) is 12.7. The van der Waals surface area contributed by atoms with Gasteiger partial charge in [-0.1, -0.05) is 0 Å². The summed E-state index contributed by atoms with van der Waals surface area (Å²) in [6.45, 7) is 5.82. The maximum absolute atomic E-state index is 5.32. The molecule has 0 aliphatic carbocycles. The Morgan fingerprint density at radius 2 is 0.833 bits per heavy atom. The van der Waals surface area contributed by atoms with Crippen molar-refractivity contribution in [3.63, 3.8) is 0 Å². The van der Waals surface area contributed by atoms with Crippen LogP contribution in [0.3, 0.4) is 0 Å². The number of hydrogen-bond donors (Lipinski definition) is 1. The van der Waals surface area contributed by atoms with E-state index in [9.17, 15) is 0 Å². The number of ether oxygens (including phenoxy) is 5. The van der Waals surface area contributed by atoms with Crippen molar-refractivity contribution in [3.8, 4) is 0 Å². The van der Waals surface area contributed by atoms with Crippen LogP contribution in [0.2, 0.25) is 0 Å². The smallest absolute Gasteiger partial charge is 0.119 e. The van der Waals surface area contributed by atoms with Gasteiger partial charge >= 0.3 is 0 Å². The molecule has 0 aromatic rings. The molecule has 1 heterocycles. The van der Waals surface area contributed by atoms with Gasteiger partial charge in [0.1, 0.15) is 6.73 Å². The molecular weight excluding hydrogens is 242 g/mol. The maximum Gasteiger partial charge on any atom is 0.119 e. The molecule has 1 aliphatic rings. The number of hydroxylamine groups is 1. The van der Waals surface area contributed by atoms with Gasteiger partial charge < -0.3 is 23.7 Å². The summed E-state index contributed by atoms with van der Waals surface area (Å²) in [7, 11) is 0. The van der Waals surface area contributed by atoms with Gasteiger partial charge in [0.05, 0.1) is 66.1 Å². The molecule has 0 spiro atoms. The monoisotopic (exact) mass is 265 g/mol. The summed E-state index contributed by atoms with van der Waals surface area (Å²) < 4.78 is 26.4. The minimum atomic E-state index is 0.336. The van der Waals surface area contributed by atoms with Crippen molar-refractivity contribution in [1.29, 1.82) is 0 Å². The van der Waals surface area contributed by atoms with E-state index in [1.807, 2.05) is 0 Å². The predicted molar refractivity (Wildman–Crippen MR) is 63.2 cm³/mol. The van der Waals surface area contributed by atoms with Crippen molar-refractivity contribution in [2.45, 2.75) is 0 Å². The zero-order valence-electron chi connectivity index (χ0n) is 10.7. The van der Waals surface area contributed by atoms with E-state index in [-0.39, 0.29) is 0 Å². The topological polar surface area (TPSA) is 67.4 Å². The van der Waals surface area contributed by atoms with Gasteiger partial charge in [-0.3, -0.25) is 4.84 Å². The normalized spacial score (nSPS) is 24.0. The van der Waals surface area contributed by atoms with Gasteiger partial charge in [0.2, 0.25) is 0 Å². The largest absolute Gasteiger partial charge is 0.377 e. The van der Waals surface area contributed by atoms with Crippen molar-refractivity contribution in [2.75, 3.05) is 72.8 Å². The average Bonchev–Trinajstić information content (AvgIpc) is 2.39. The lowest BCUT2D eigenvalue weighted by Gasteiger charge is -2.10. The Labute approximate surface area is 108 Å². The van der Waals surface area contributed by atoms with E-state index in [4.69, 9.17) is 28.5 Å². The first-order valence-corrected chi connectivity index (χ1v) is 6.23. The molecule has 1 N–H and O–H groups in total. The lowest BCUT2D eigenvalue weighted by molar-refractivity contribution is -0.0712. The van der Waals surface area contributed by atoms with Crippen LogP contribution in [0.25, 0.3) is 0 Å². The molecule has 0 radical (unpaired) electrons. The van der Waals surface area contributed by atoms with Crippen molar-refractivity contribution in [3.05, 3.63) is 0 Å². The van der Waals surface area contributed by atoms with Crippen LogP contribution in [-0.2, 0) is 28.5 Å². The summed E-state index contributed by atoms with van der Waals surface area (Å²) >= 11 is 0. The Kier molecular flexibility index (Phi) is 11.5. The van der Waals surface area contributed by atoms with E-state index in [0.717, 1.165) is 0 Å². The van der Waals surface area contributed by atoms with E-state index in [1.165, 1.54) is 0 Å². The first-order valence-electron chi connectivity index (χ1n) is 6.23. The molecule has 0 unspecified atom stereocenters. The van der Waals surface area contributed by atoms with Crippen molar-refractivity contribution >= 4 is 0 Å². The minimum absolute atomic E-state index is 0.336. The predicted octanol–water partition coefficient (Wildman–Crippen LogP) is -0.438. The molecular formula is C11H23NO6. The fourth-order valence-electron chi connectivity index (χ4n) is 1.21. The molecule has 1 saturated heterocycles. The Hall–Kier alpha value is -0.280. The third-order valence-corrected chi connectivity index (χ3v) is 2.08. The molecule has 1 rings (SSSR count). The number of hydrogen-bond acceptors (Lipinski definition) is 7. The quantitative estimate of drug-likeness (QED) is 0.637. The molecule has 0 saturated carbocycles.